The van der Waals surface area contributed by atoms with Crippen LogP contribution in [0.4, 0.5) is 0 Å². The largest absolute Gasteiger partial charge is 0.278 e. The quantitative estimate of drug-likeness (QED) is 0.194. The SMILES string of the molecule is c1ccc(-c2ccc(-c3cc(-c4ccccc4)nc(-n4c5ccccc5c5cc6c(cc54)C4(CCCCC4)c4ccccc4-6)n3)cc2)cc1. The Morgan fingerprint density at radius 2 is 1.02 bits per heavy atom. The van der Waals surface area contributed by atoms with Crippen molar-refractivity contribution in [3.63, 3.8) is 0 Å². The van der Waals surface area contributed by atoms with E-state index < -0.39 is 0 Å². The highest BCUT2D eigenvalue weighted by atomic mass is 15.2. The Kier molecular flexibility index (Phi) is 6.42. The van der Waals surface area contributed by atoms with Crippen LogP contribution in [0.25, 0.3) is 72.5 Å². The molecule has 2 aliphatic rings. The van der Waals surface area contributed by atoms with Gasteiger partial charge >= 0.3 is 0 Å². The smallest absolute Gasteiger partial charge is 0.235 e. The van der Waals surface area contributed by atoms with E-state index in [1.54, 1.807) is 0 Å². The summed E-state index contributed by atoms with van der Waals surface area (Å²) in [4.78, 5) is 10.7. The Bertz CT molecular complexity index is 2500. The molecule has 1 fully saturated rings. The Balaban J connectivity index is 1.22. The Hall–Kier alpha value is -5.80. The molecule has 2 heterocycles. The molecule has 49 heavy (non-hydrogen) atoms. The summed E-state index contributed by atoms with van der Waals surface area (Å²) in [5.74, 6) is 0.697. The van der Waals surface area contributed by atoms with E-state index in [1.807, 2.05) is 0 Å². The van der Waals surface area contributed by atoms with Gasteiger partial charge in [-0.1, -0.05) is 147 Å². The topological polar surface area (TPSA) is 30.7 Å². The van der Waals surface area contributed by atoms with Crippen LogP contribution in [0, 0.1) is 0 Å². The Morgan fingerprint density at radius 1 is 0.429 bits per heavy atom. The van der Waals surface area contributed by atoms with E-state index in [4.69, 9.17) is 9.97 Å². The third-order valence-electron chi connectivity index (χ3n) is 11.0. The van der Waals surface area contributed by atoms with E-state index >= 15 is 0 Å². The molecule has 3 heteroatoms. The van der Waals surface area contributed by atoms with E-state index in [1.165, 1.54) is 81.8 Å². The first kappa shape index (κ1) is 28.2. The number of benzene rings is 6. The Morgan fingerprint density at radius 3 is 1.78 bits per heavy atom. The zero-order valence-corrected chi connectivity index (χ0v) is 27.3. The molecule has 234 valence electrons. The average Bonchev–Trinajstić information content (AvgIpc) is 3.64. The molecule has 0 bridgehead atoms. The van der Waals surface area contributed by atoms with Gasteiger partial charge in [-0.2, -0.15) is 0 Å². The minimum atomic E-state index is 0.0675. The van der Waals surface area contributed by atoms with Crippen LogP contribution in [0.1, 0.15) is 43.2 Å². The van der Waals surface area contributed by atoms with Gasteiger partial charge in [-0.3, -0.25) is 4.57 Å². The molecule has 1 spiro atoms. The standard InChI is InChI=1S/C46H35N3/c1-4-14-31(15-5-1)32-22-24-34(25-23-32)42-30-41(33-16-6-2-7-17-33)47-45(48-42)49-43-21-11-9-19-36(43)38-28-37-35-18-8-10-20-39(35)46(26-12-3-13-27-46)40(37)29-44(38)49/h1-2,4-11,14-25,28-30H,3,12-13,26-27H2. The summed E-state index contributed by atoms with van der Waals surface area (Å²) in [6.07, 6.45) is 6.25. The number of hydrogen-bond acceptors (Lipinski definition) is 2. The number of aromatic nitrogens is 3. The van der Waals surface area contributed by atoms with Gasteiger partial charge in [-0.25, -0.2) is 9.97 Å². The van der Waals surface area contributed by atoms with Crippen LogP contribution in [0.5, 0.6) is 0 Å². The molecule has 3 nitrogen and oxygen atoms in total. The second kappa shape index (κ2) is 11.1. The molecular weight excluding hydrogens is 595 g/mol. The van der Waals surface area contributed by atoms with Crippen LogP contribution >= 0.6 is 0 Å². The lowest BCUT2D eigenvalue weighted by Crippen LogP contribution is -2.28. The lowest BCUT2D eigenvalue weighted by molar-refractivity contribution is 0.353. The summed E-state index contributed by atoms with van der Waals surface area (Å²) in [5, 5.41) is 2.48. The predicted molar refractivity (Wildman–Crippen MR) is 202 cm³/mol. The third-order valence-corrected chi connectivity index (χ3v) is 11.0. The number of fused-ring (bicyclic) bond motifs is 8. The highest BCUT2D eigenvalue weighted by molar-refractivity contribution is 6.11. The summed E-state index contributed by atoms with van der Waals surface area (Å²) >= 11 is 0. The maximum atomic E-state index is 5.36. The molecule has 0 N–H and O–H groups in total. The van der Waals surface area contributed by atoms with E-state index in [0.717, 1.165) is 28.0 Å². The number of para-hydroxylation sites is 1. The summed E-state index contributed by atoms with van der Waals surface area (Å²) in [5.41, 5.74) is 14.5. The van der Waals surface area contributed by atoms with Crippen LogP contribution in [-0.4, -0.2) is 14.5 Å². The number of hydrogen-bond donors (Lipinski definition) is 0. The van der Waals surface area contributed by atoms with Crippen molar-refractivity contribution in [2.75, 3.05) is 0 Å². The molecule has 1 saturated carbocycles. The molecule has 2 aliphatic carbocycles. The maximum absolute atomic E-state index is 5.36. The molecule has 6 aromatic carbocycles. The van der Waals surface area contributed by atoms with E-state index in [9.17, 15) is 0 Å². The van der Waals surface area contributed by atoms with Crippen molar-refractivity contribution < 1.29 is 0 Å². The highest BCUT2D eigenvalue weighted by Crippen LogP contribution is 2.57. The monoisotopic (exact) mass is 629 g/mol. The predicted octanol–water partition coefficient (Wildman–Crippen LogP) is 11.8. The first-order valence-corrected chi connectivity index (χ1v) is 17.6. The first-order valence-electron chi connectivity index (χ1n) is 17.6. The van der Waals surface area contributed by atoms with Gasteiger partial charge < -0.3 is 0 Å². The minimum Gasteiger partial charge on any atom is -0.278 e. The molecule has 0 saturated heterocycles. The van der Waals surface area contributed by atoms with Gasteiger partial charge in [0.05, 0.1) is 22.4 Å². The lowest BCUT2D eigenvalue weighted by Gasteiger charge is -2.36. The molecule has 0 unspecified atom stereocenters. The first-order chi connectivity index (χ1) is 24.3. The molecule has 0 radical (unpaired) electrons. The van der Waals surface area contributed by atoms with Crippen molar-refractivity contribution in [2.24, 2.45) is 0 Å². The lowest BCUT2D eigenvalue weighted by atomic mass is 9.68. The van der Waals surface area contributed by atoms with E-state index in [0.29, 0.717) is 5.95 Å². The van der Waals surface area contributed by atoms with E-state index in [-0.39, 0.29) is 5.41 Å². The van der Waals surface area contributed by atoms with Crippen molar-refractivity contribution in [1.29, 1.82) is 0 Å². The zero-order valence-electron chi connectivity index (χ0n) is 27.3. The van der Waals surface area contributed by atoms with Crippen LogP contribution in [0.3, 0.4) is 0 Å². The van der Waals surface area contributed by atoms with Crippen LogP contribution in [0.2, 0.25) is 0 Å². The molecule has 0 atom stereocenters. The molecule has 10 rings (SSSR count). The zero-order chi connectivity index (χ0) is 32.4. The fraction of sp³-hybridized carbons (Fsp3) is 0.130. The second-order valence-corrected chi connectivity index (χ2v) is 13.7. The fourth-order valence-electron chi connectivity index (χ4n) is 8.73. The van der Waals surface area contributed by atoms with Crippen molar-refractivity contribution in [2.45, 2.75) is 37.5 Å². The molecule has 0 amide bonds. The van der Waals surface area contributed by atoms with Crippen LogP contribution in [-0.2, 0) is 5.41 Å². The second-order valence-electron chi connectivity index (χ2n) is 13.7. The molecular formula is C46H35N3. The van der Waals surface area contributed by atoms with Gasteiger partial charge in [0, 0.05) is 27.3 Å². The van der Waals surface area contributed by atoms with Gasteiger partial charge in [-0.05, 0) is 70.5 Å². The fourth-order valence-corrected chi connectivity index (χ4v) is 8.73. The van der Waals surface area contributed by atoms with Crippen LogP contribution in [0.15, 0.2) is 152 Å². The Labute approximate surface area is 286 Å². The van der Waals surface area contributed by atoms with Crippen molar-refractivity contribution >= 4 is 21.8 Å². The summed E-state index contributed by atoms with van der Waals surface area (Å²) in [6.45, 7) is 0. The summed E-state index contributed by atoms with van der Waals surface area (Å²) in [7, 11) is 0. The van der Waals surface area contributed by atoms with Gasteiger partial charge in [0.25, 0.3) is 0 Å². The normalized spacial score (nSPS) is 14.7. The van der Waals surface area contributed by atoms with Crippen molar-refractivity contribution in [3.8, 4) is 50.7 Å². The van der Waals surface area contributed by atoms with Crippen LogP contribution < -0.4 is 0 Å². The van der Waals surface area contributed by atoms with Gasteiger partial charge in [-0.15, -0.1) is 0 Å². The van der Waals surface area contributed by atoms with E-state index in [2.05, 4.69) is 156 Å². The molecule has 0 aliphatic heterocycles. The van der Waals surface area contributed by atoms with Gasteiger partial charge in [0.2, 0.25) is 5.95 Å². The number of nitrogens with zero attached hydrogens (tertiary/aromatic N) is 3. The van der Waals surface area contributed by atoms with Gasteiger partial charge in [0.15, 0.2) is 0 Å². The summed E-state index contributed by atoms with van der Waals surface area (Å²) < 4.78 is 2.32. The minimum absolute atomic E-state index is 0.0675. The average molecular weight is 630 g/mol. The molecule has 2 aromatic heterocycles. The van der Waals surface area contributed by atoms with Gasteiger partial charge in [0.1, 0.15) is 0 Å². The number of rotatable bonds is 4. The summed E-state index contributed by atoms with van der Waals surface area (Å²) in [6, 6.07) is 54.8. The highest BCUT2D eigenvalue weighted by Gasteiger charge is 2.44. The molecule has 8 aromatic rings. The third kappa shape index (κ3) is 4.42. The van der Waals surface area contributed by atoms with Crippen molar-refractivity contribution in [3.05, 3.63) is 163 Å². The maximum Gasteiger partial charge on any atom is 0.235 e. The van der Waals surface area contributed by atoms with Crippen molar-refractivity contribution in [1.82, 2.24) is 14.5 Å².